The van der Waals surface area contributed by atoms with E-state index in [9.17, 15) is 4.79 Å². The van der Waals surface area contributed by atoms with E-state index in [-0.39, 0.29) is 5.34 Å². The van der Waals surface area contributed by atoms with E-state index in [0.29, 0.717) is 0 Å². The second-order valence-electron chi connectivity index (χ2n) is 2.49. The first-order chi connectivity index (χ1) is 6.18. The predicted molar refractivity (Wildman–Crippen MR) is 56.4 cm³/mol. The fraction of sp³-hybridized carbons (Fsp3) is 0.875. The van der Waals surface area contributed by atoms with Gasteiger partial charge in [0.1, 0.15) is 0 Å². The highest BCUT2D eigenvalue weighted by Crippen LogP contribution is 1.98. The second-order valence-corrected chi connectivity index (χ2v) is 3.30. The molecule has 1 amide bonds. The zero-order chi connectivity index (χ0) is 10.5. The summed E-state index contributed by atoms with van der Waals surface area (Å²) in [7, 11) is 3.38. The van der Waals surface area contributed by atoms with Crippen molar-refractivity contribution >= 4 is 29.6 Å². The van der Waals surface area contributed by atoms with Crippen molar-refractivity contribution in [3.8, 4) is 0 Å². The normalized spacial score (nSPS) is 13.2. The van der Waals surface area contributed by atoms with Crippen LogP contribution in [-0.4, -0.2) is 44.0 Å². The second kappa shape index (κ2) is 14.5. The van der Waals surface area contributed by atoms with Crippen LogP contribution in [0.25, 0.3) is 0 Å². The molecule has 5 heteroatoms. The van der Waals surface area contributed by atoms with Crippen molar-refractivity contribution < 1.29 is 9.53 Å². The van der Waals surface area contributed by atoms with Crippen LogP contribution in [0.2, 0.25) is 0 Å². The van der Waals surface area contributed by atoms with E-state index in [1.54, 1.807) is 14.1 Å². The molecule has 1 heterocycles. The van der Waals surface area contributed by atoms with Crippen molar-refractivity contribution in [2.75, 3.05) is 32.6 Å². The molecular formula is C8H17Cl2NO2. The first-order valence-electron chi connectivity index (χ1n) is 4.00. The Balaban J connectivity index is 0. The molecule has 0 radical (unpaired) electrons. The van der Waals surface area contributed by atoms with Crippen LogP contribution in [0.5, 0.6) is 0 Å². The lowest BCUT2D eigenvalue weighted by Gasteiger charge is -1.93. The Morgan fingerprint density at radius 2 is 1.62 bits per heavy atom. The lowest BCUT2D eigenvalue weighted by atomic mass is 10.4. The Hall–Kier alpha value is 0.01000. The molecular weight excluding hydrogens is 213 g/mol. The molecule has 13 heavy (non-hydrogen) atoms. The van der Waals surface area contributed by atoms with E-state index in [1.807, 2.05) is 0 Å². The minimum atomic E-state index is 0.194. The zero-order valence-corrected chi connectivity index (χ0v) is 9.64. The van der Waals surface area contributed by atoms with Gasteiger partial charge in [-0.15, -0.1) is 23.2 Å². The molecule has 0 aromatic carbocycles. The van der Waals surface area contributed by atoms with E-state index in [0.717, 1.165) is 19.6 Å². The topological polar surface area (TPSA) is 29.5 Å². The molecule has 0 atom stereocenters. The van der Waals surface area contributed by atoms with E-state index in [2.05, 4.69) is 0 Å². The maximum atomic E-state index is 9.43. The smallest absolute Gasteiger partial charge is 0.209 e. The quantitative estimate of drug-likeness (QED) is 0.508. The Bertz CT molecular complexity index is 90.5. The van der Waals surface area contributed by atoms with Gasteiger partial charge in [-0.3, -0.25) is 4.79 Å². The Labute approximate surface area is 89.9 Å². The minimum absolute atomic E-state index is 0.194. The van der Waals surface area contributed by atoms with Crippen LogP contribution in [-0.2, 0) is 9.53 Å². The first kappa shape index (κ1) is 15.5. The van der Waals surface area contributed by atoms with Gasteiger partial charge in [-0.2, -0.15) is 0 Å². The molecule has 3 nitrogen and oxygen atoms in total. The van der Waals surface area contributed by atoms with E-state index in [4.69, 9.17) is 27.9 Å². The third-order valence-corrected chi connectivity index (χ3v) is 1.04. The number of hydrogen-bond donors (Lipinski definition) is 0. The van der Waals surface area contributed by atoms with E-state index in [1.165, 1.54) is 17.7 Å². The van der Waals surface area contributed by atoms with Gasteiger partial charge in [-0.05, 0) is 12.8 Å². The van der Waals surface area contributed by atoms with Crippen LogP contribution in [0, 0.1) is 0 Å². The summed E-state index contributed by atoms with van der Waals surface area (Å²) in [5.41, 5.74) is 0. The largest absolute Gasteiger partial charge is 0.381 e. The molecule has 1 rings (SSSR count). The third kappa shape index (κ3) is 24.5. The van der Waals surface area contributed by atoms with Crippen LogP contribution < -0.4 is 0 Å². The summed E-state index contributed by atoms with van der Waals surface area (Å²) in [6.07, 6.45) is 3.31. The molecule has 0 spiro atoms. The van der Waals surface area contributed by atoms with Gasteiger partial charge in [0, 0.05) is 27.3 Å². The van der Waals surface area contributed by atoms with Gasteiger partial charge < -0.3 is 9.64 Å². The third-order valence-electron chi connectivity index (χ3n) is 1.04. The summed E-state index contributed by atoms with van der Waals surface area (Å²) in [5, 5.41) is 0.194. The molecule has 0 aliphatic carbocycles. The van der Waals surface area contributed by atoms with Crippen LogP contribution >= 0.6 is 23.2 Å². The number of halogens is 2. The van der Waals surface area contributed by atoms with Crippen molar-refractivity contribution in [3.05, 3.63) is 0 Å². The number of rotatable bonds is 1. The highest BCUT2D eigenvalue weighted by atomic mass is 35.5. The molecule has 1 aliphatic rings. The zero-order valence-electron chi connectivity index (χ0n) is 8.13. The molecule has 0 N–H and O–H groups in total. The van der Waals surface area contributed by atoms with Crippen LogP contribution in [0.1, 0.15) is 12.8 Å². The number of hydrogen-bond acceptors (Lipinski definition) is 2. The highest BCUT2D eigenvalue weighted by molar-refractivity contribution is 6.40. The van der Waals surface area contributed by atoms with Gasteiger partial charge in [-0.25, -0.2) is 0 Å². The highest BCUT2D eigenvalue weighted by Gasteiger charge is 1.94. The molecule has 80 valence electrons. The summed E-state index contributed by atoms with van der Waals surface area (Å²) < 4.78 is 4.94. The van der Waals surface area contributed by atoms with Gasteiger partial charge >= 0.3 is 0 Å². The molecule has 1 aliphatic heterocycles. The van der Waals surface area contributed by atoms with Gasteiger partial charge in [0.15, 0.2) is 0 Å². The monoisotopic (exact) mass is 229 g/mol. The van der Waals surface area contributed by atoms with Gasteiger partial charge in [0.25, 0.3) is 0 Å². The van der Waals surface area contributed by atoms with Crippen molar-refractivity contribution in [2.45, 2.75) is 12.8 Å². The summed E-state index contributed by atoms with van der Waals surface area (Å²) in [6, 6.07) is 0. The number of ether oxygens (including phenoxy) is 1. The Morgan fingerprint density at radius 1 is 1.31 bits per heavy atom. The average molecular weight is 230 g/mol. The number of amides is 1. The molecule has 0 bridgehead atoms. The van der Waals surface area contributed by atoms with Crippen LogP contribution in [0.15, 0.2) is 0 Å². The van der Waals surface area contributed by atoms with E-state index < -0.39 is 0 Å². The van der Waals surface area contributed by atoms with Crippen LogP contribution in [0.4, 0.5) is 0 Å². The minimum Gasteiger partial charge on any atom is -0.381 e. The Kier molecular flexibility index (Phi) is 17.3. The Morgan fingerprint density at radius 3 is 1.69 bits per heavy atom. The molecule has 0 unspecified atom stereocenters. The maximum Gasteiger partial charge on any atom is 0.209 e. The lowest BCUT2D eigenvalue weighted by Crippen LogP contribution is -2.06. The molecule has 0 aromatic heterocycles. The lowest BCUT2D eigenvalue weighted by molar-refractivity contribution is -0.115. The number of carbonyl (C=O) groups excluding carboxylic acids is 1. The van der Waals surface area contributed by atoms with Gasteiger partial charge in [0.05, 0.1) is 5.34 Å². The van der Waals surface area contributed by atoms with E-state index >= 15 is 0 Å². The SMILES string of the molecule is C1CCOC1.CN(C)C=O.ClCCl. The van der Waals surface area contributed by atoms with Crippen LogP contribution in [0.3, 0.4) is 0 Å². The maximum absolute atomic E-state index is 9.43. The average Bonchev–Trinajstić information content (AvgIpc) is 2.62. The van der Waals surface area contributed by atoms with Gasteiger partial charge in [-0.1, -0.05) is 0 Å². The fourth-order valence-electron chi connectivity index (χ4n) is 0.510. The molecule has 0 saturated carbocycles. The first-order valence-corrected chi connectivity index (χ1v) is 5.07. The van der Waals surface area contributed by atoms with Gasteiger partial charge in [0.2, 0.25) is 6.41 Å². The molecule has 0 aromatic rings. The number of nitrogens with zero attached hydrogens (tertiary/aromatic N) is 1. The predicted octanol–water partition coefficient (Wildman–Crippen LogP) is 1.92. The standard InChI is InChI=1S/C4H8O.C3H7NO.CH2Cl2/c1-2-4-5-3-1;1-4(2)3-5;2-1-3/h1-4H2;3H,1-2H3;1H2. The molecule has 1 fully saturated rings. The molecule has 1 saturated heterocycles. The summed E-state index contributed by atoms with van der Waals surface area (Å²) >= 11 is 9.53. The van der Waals surface area contributed by atoms with Crippen molar-refractivity contribution in [1.29, 1.82) is 0 Å². The number of carbonyl (C=O) groups is 1. The van der Waals surface area contributed by atoms with Crippen molar-refractivity contribution in [1.82, 2.24) is 4.90 Å². The van der Waals surface area contributed by atoms with Crippen molar-refractivity contribution in [3.63, 3.8) is 0 Å². The summed E-state index contributed by atoms with van der Waals surface area (Å²) in [5.74, 6) is 0. The summed E-state index contributed by atoms with van der Waals surface area (Å²) in [4.78, 5) is 10.9. The summed E-state index contributed by atoms with van der Waals surface area (Å²) in [6.45, 7) is 2.00. The van der Waals surface area contributed by atoms with Crippen molar-refractivity contribution in [2.24, 2.45) is 0 Å². The fourth-order valence-corrected chi connectivity index (χ4v) is 0.510. The number of alkyl halides is 2.